The summed E-state index contributed by atoms with van der Waals surface area (Å²) in [5.41, 5.74) is 4.62. The van der Waals surface area contributed by atoms with Crippen LogP contribution in [-0.4, -0.2) is 96.6 Å². The number of likely N-dealkylation sites (tertiary alicyclic amines) is 2. The summed E-state index contributed by atoms with van der Waals surface area (Å²) >= 11 is 0. The van der Waals surface area contributed by atoms with E-state index in [-0.39, 0.29) is 23.6 Å². The third kappa shape index (κ3) is 8.88. The molecule has 4 aromatic rings. The van der Waals surface area contributed by atoms with Crippen LogP contribution < -0.4 is 10.6 Å². The Bertz CT molecular complexity index is 1850. The molecule has 10 nitrogen and oxygen atoms in total. The van der Waals surface area contributed by atoms with Crippen molar-refractivity contribution in [3.8, 4) is 11.8 Å². The first kappa shape index (κ1) is 38.0. The van der Waals surface area contributed by atoms with Crippen LogP contribution >= 0.6 is 0 Å². The molecule has 2 heterocycles. The van der Waals surface area contributed by atoms with Gasteiger partial charge in [-0.2, -0.15) is 0 Å². The van der Waals surface area contributed by atoms with E-state index in [0.717, 1.165) is 35.1 Å². The Morgan fingerprint density at radius 1 is 0.556 bits per heavy atom. The smallest absolute Gasteiger partial charge is 0.247 e. The molecule has 0 bridgehead atoms. The molecule has 0 aliphatic carbocycles. The van der Waals surface area contributed by atoms with Gasteiger partial charge in [0.05, 0.1) is 0 Å². The molecule has 4 amide bonds. The number of hydrogen-bond acceptors (Lipinski definition) is 6. The van der Waals surface area contributed by atoms with Gasteiger partial charge in [-0.3, -0.25) is 29.0 Å². The number of rotatable bonds is 10. The molecule has 2 fully saturated rings. The Kier molecular flexibility index (Phi) is 12.2. The molecule has 278 valence electrons. The average molecular weight is 725 g/mol. The van der Waals surface area contributed by atoms with Crippen molar-refractivity contribution in [1.82, 2.24) is 19.6 Å². The van der Waals surface area contributed by atoms with E-state index >= 15 is 0 Å². The standard InChI is InChI=1S/C44H48N6O4/c1-47(2)39(33-13-7-5-8-14-33)43(53)49-29-11-17-37(49)41(51)45-35-25-21-31(22-26-35)19-20-32-23-27-36(28-24-32)46-42(52)38-18-12-30-50(38)44(54)40(48(3)4)34-15-9-6-10-16-34/h5-10,13-16,21-28,37-40H,11-12,17-18,29-30H2,1-4H3,(H,45,51)(H,46,52)/t37-,38-,39+,40+/m0/s1. The number of nitrogens with one attached hydrogen (secondary N) is 2. The molecule has 4 aromatic carbocycles. The monoisotopic (exact) mass is 724 g/mol. The van der Waals surface area contributed by atoms with E-state index in [9.17, 15) is 19.2 Å². The number of hydrogen-bond donors (Lipinski definition) is 2. The lowest BCUT2D eigenvalue weighted by atomic mass is 10.0. The van der Waals surface area contributed by atoms with Gasteiger partial charge in [-0.1, -0.05) is 72.5 Å². The molecule has 54 heavy (non-hydrogen) atoms. The quantitative estimate of drug-likeness (QED) is 0.208. The number of likely N-dealkylation sites (N-methyl/N-ethyl adjacent to an activating group) is 2. The Morgan fingerprint density at radius 3 is 1.24 bits per heavy atom. The van der Waals surface area contributed by atoms with Crippen molar-refractivity contribution >= 4 is 35.0 Å². The van der Waals surface area contributed by atoms with E-state index in [1.54, 1.807) is 9.80 Å². The first-order valence-electron chi connectivity index (χ1n) is 18.5. The SMILES string of the molecule is CN(C)[C@@H](C(=O)N1CCC[C@H]1C(=O)Nc1ccc(C#Cc2ccc(NC(=O)[C@@H]3CCCN3C(=O)[C@@H](c3ccccc3)N(C)C)cc2)cc1)c1ccccc1. The average Bonchev–Trinajstić information content (AvgIpc) is 3.87. The fourth-order valence-electron chi connectivity index (χ4n) is 7.38. The summed E-state index contributed by atoms with van der Waals surface area (Å²) in [5.74, 6) is 5.77. The number of carbonyl (C=O) groups is 4. The minimum Gasteiger partial charge on any atom is -0.329 e. The summed E-state index contributed by atoms with van der Waals surface area (Å²) in [5, 5.41) is 5.99. The van der Waals surface area contributed by atoms with Crippen LogP contribution in [0.2, 0.25) is 0 Å². The second-order valence-electron chi connectivity index (χ2n) is 14.3. The zero-order valence-electron chi connectivity index (χ0n) is 31.4. The predicted molar refractivity (Wildman–Crippen MR) is 211 cm³/mol. The van der Waals surface area contributed by atoms with E-state index in [4.69, 9.17) is 0 Å². The highest BCUT2D eigenvalue weighted by molar-refractivity contribution is 5.99. The van der Waals surface area contributed by atoms with Crippen molar-refractivity contribution < 1.29 is 19.2 Å². The van der Waals surface area contributed by atoms with Gasteiger partial charge in [-0.15, -0.1) is 0 Å². The van der Waals surface area contributed by atoms with Crippen LogP contribution in [0.1, 0.15) is 60.0 Å². The van der Waals surface area contributed by atoms with E-state index in [1.807, 2.05) is 147 Å². The van der Waals surface area contributed by atoms with Crippen molar-refractivity contribution in [2.75, 3.05) is 51.9 Å². The highest BCUT2D eigenvalue weighted by Gasteiger charge is 2.39. The molecule has 6 rings (SSSR count). The maximum Gasteiger partial charge on any atom is 0.247 e. The Labute approximate surface area is 318 Å². The van der Waals surface area contributed by atoms with Crippen LogP contribution in [0.3, 0.4) is 0 Å². The van der Waals surface area contributed by atoms with Gasteiger partial charge < -0.3 is 20.4 Å². The van der Waals surface area contributed by atoms with Gasteiger partial charge in [-0.25, -0.2) is 0 Å². The number of carbonyl (C=O) groups excluding carboxylic acids is 4. The minimum atomic E-state index is -0.537. The summed E-state index contributed by atoms with van der Waals surface area (Å²) in [6, 6.07) is 31.9. The predicted octanol–water partition coefficient (Wildman–Crippen LogP) is 5.55. The van der Waals surface area contributed by atoms with E-state index in [1.165, 1.54) is 0 Å². The molecular weight excluding hydrogens is 677 g/mol. The molecular formula is C44H48N6O4. The molecule has 0 unspecified atom stereocenters. The molecule has 2 saturated heterocycles. The summed E-state index contributed by atoms with van der Waals surface area (Å²) in [7, 11) is 7.52. The van der Waals surface area contributed by atoms with Crippen LogP contribution in [0.4, 0.5) is 11.4 Å². The van der Waals surface area contributed by atoms with Gasteiger partial charge in [-0.05, 0) is 114 Å². The fraction of sp³-hybridized carbons (Fsp3) is 0.318. The number of nitrogens with zero attached hydrogens (tertiary/aromatic N) is 4. The molecule has 0 saturated carbocycles. The Hall–Kier alpha value is -5.76. The second-order valence-corrected chi connectivity index (χ2v) is 14.3. The molecule has 2 aliphatic rings. The zero-order chi connectivity index (χ0) is 38.2. The highest BCUT2D eigenvalue weighted by Crippen LogP contribution is 2.29. The summed E-state index contributed by atoms with van der Waals surface area (Å²) in [6.45, 7) is 1.09. The lowest BCUT2D eigenvalue weighted by Gasteiger charge is -2.31. The largest absolute Gasteiger partial charge is 0.329 e. The van der Waals surface area contributed by atoms with Gasteiger partial charge in [0, 0.05) is 35.6 Å². The molecule has 2 N–H and O–H groups in total. The molecule has 10 heteroatoms. The number of benzene rings is 4. The maximum absolute atomic E-state index is 13.7. The van der Waals surface area contributed by atoms with Crippen molar-refractivity contribution in [2.24, 2.45) is 0 Å². The van der Waals surface area contributed by atoms with Crippen molar-refractivity contribution in [3.05, 3.63) is 131 Å². The third-order valence-corrected chi connectivity index (χ3v) is 10.1. The molecule has 0 spiro atoms. The van der Waals surface area contributed by atoms with Crippen LogP contribution in [0.25, 0.3) is 0 Å². The number of anilines is 2. The third-order valence-electron chi connectivity index (χ3n) is 10.1. The lowest BCUT2D eigenvalue weighted by Crippen LogP contribution is -2.47. The fourth-order valence-corrected chi connectivity index (χ4v) is 7.38. The Balaban J connectivity index is 1.03. The van der Waals surface area contributed by atoms with Crippen molar-refractivity contribution in [2.45, 2.75) is 49.9 Å². The minimum absolute atomic E-state index is 0.0744. The zero-order valence-corrected chi connectivity index (χ0v) is 31.4. The topological polar surface area (TPSA) is 105 Å². The van der Waals surface area contributed by atoms with Crippen molar-refractivity contribution in [1.29, 1.82) is 0 Å². The molecule has 2 aliphatic heterocycles. The van der Waals surface area contributed by atoms with E-state index in [0.29, 0.717) is 37.3 Å². The van der Waals surface area contributed by atoms with E-state index < -0.39 is 24.2 Å². The van der Waals surface area contributed by atoms with Gasteiger partial charge in [0.2, 0.25) is 23.6 Å². The Morgan fingerprint density at radius 2 is 0.907 bits per heavy atom. The van der Waals surface area contributed by atoms with Gasteiger partial charge in [0.25, 0.3) is 0 Å². The maximum atomic E-state index is 13.7. The van der Waals surface area contributed by atoms with Crippen molar-refractivity contribution in [3.63, 3.8) is 0 Å². The first-order valence-corrected chi connectivity index (χ1v) is 18.5. The lowest BCUT2D eigenvalue weighted by molar-refractivity contribution is -0.141. The van der Waals surface area contributed by atoms with Gasteiger partial charge in [0.1, 0.15) is 24.2 Å². The van der Waals surface area contributed by atoms with Crippen LogP contribution in [0.5, 0.6) is 0 Å². The number of amides is 4. The molecule has 4 atom stereocenters. The van der Waals surface area contributed by atoms with Crippen LogP contribution in [-0.2, 0) is 19.2 Å². The second kappa shape index (κ2) is 17.4. The first-order chi connectivity index (χ1) is 26.1. The van der Waals surface area contributed by atoms with Crippen LogP contribution in [0.15, 0.2) is 109 Å². The highest BCUT2D eigenvalue weighted by atomic mass is 16.2. The molecule has 0 radical (unpaired) electrons. The summed E-state index contributed by atoms with van der Waals surface area (Å²) in [6.07, 6.45) is 2.77. The molecule has 0 aromatic heterocycles. The van der Waals surface area contributed by atoms with Crippen LogP contribution in [0, 0.1) is 11.8 Å². The summed E-state index contributed by atoms with van der Waals surface area (Å²) < 4.78 is 0. The summed E-state index contributed by atoms with van der Waals surface area (Å²) in [4.78, 5) is 61.3. The van der Waals surface area contributed by atoms with E-state index in [2.05, 4.69) is 22.5 Å². The van der Waals surface area contributed by atoms with Gasteiger partial charge >= 0.3 is 0 Å². The van der Waals surface area contributed by atoms with Gasteiger partial charge in [0.15, 0.2) is 0 Å². The normalized spacial score (nSPS) is 17.8.